The lowest BCUT2D eigenvalue weighted by Gasteiger charge is -2.13. The van der Waals surface area contributed by atoms with Crippen molar-refractivity contribution < 1.29 is 19.0 Å². The molecule has 0 aliphatic heterocycles. The van der Waals surface area contributed by atoms with Gasteiger partial charge in [0.05, 0.1) is 13.7 Å². The zero-order valence-electron chi connectivity index (χ0n) is 15.1. The first kappa shape index (κ1) is 20.1. The molecule has 0 heterocycles. The van der Waals surface area contributed by atoms with Crippen molar-refractivity contribution in [1.29, 1.82) is 0 Å². The van der Waals surface area contributed by atoms with E-state index in [1.165, 1.54) is 5.56 Å². The van der Waals surface area contributed by atoms with Crippen LogP contribution in [0.5, 0.6) is 11.5 Å². The number of ether oxygens (including phenoxy) is 3. The summed E-state index contributed by atoms with van der Waals surface area (Å²) in [6.45, 7) is 0.885. The quantitative estimate of drug-likeness (QED) is 0.626. The molecule has 0 saturated heterocycles. The van der Waals surface area contributed by atoms with Crippen LogP contribution in [0.2, 0.25) is 5.02 Å². The number of benzene rings is 2. The Morgan fingerprint density at radius 3 is 2.50 bits per heavy atom. The van der Waals surface area contributed by atoms with Gasteiger partial charge in [-0.15, -0.1) is 0 Å². The average molecular weight is 378 g/mol. The second-order valence-electron chi connectivity index (χ2n) is 5.74. The van der Waals surface area contributed by atoms with Gasteiger partial charge in [0.15, 0.2) is 11.5 Å². The number of carbonyl (C=O) groups excluding carboxylic acids is 1. The molecule has 0 saturated carbocycles. The van der Waals surface area contributed by atoms with Crippen molar-refractivity contribution >= 4 is 23.2 Å². The van der Waals surface area contributed by atoms with Crippen LogP contribution in [0.1, 0.15) is 18.4 Å². The van der Waals surface area contributed by atoms with Gasteiger partial charge in [0, 0.05) is 30.3 Å². The van der Waals surface area contributed by atoms with Crippen molar-refractivity contribution in [1.82, 2.24) is 0 Å². The SMILES string of the molecule is COCCOc1cc(NC(=O)CCCc2ccc(Cl)cc2)ccc1OC. The van der Waals surface area contributed by atoms with E-state index in [0.29, 0.717) is 36.8 Å². The number of hydrogen-bond donors (Lipinski definition) is 1. The molecule has 2 rings (SSSR count). The molecule has 0 aromatic heterocycles. The van der Waals surface area contributed by atoms with Crippen LogP contribution in [-0.4, -0.2) is 33.3 Å². The molecule has 1 amide bonds. The lowest BCUT2D eigenvalue weighted by atomic mass is 10.1. The summed E-state index contributed by atoms with van der Waals surface area (Å²) in [6.07, 6.45) is 2.04. The van der Waals surface area contributed by atoms with Crippen LogP contribution in [0.3, 0.4) is 0 Å². The van der Waals surface area contributed by atoms with E-state index >= 15 is 0 Å². The highest BCUT2D eigenvalue weighted by molar-refractivity contribution is 6.30. The predicted molar refractivity (Wildman–Crippen MR) is 103 cm³/mol. The lowest BCUT2D eigenvalue weighted by molar-refractivity contribution is -0.116. The van der Waals surface area contributed by atoms with Crippen molar-refractivity contribution in [2.45, 2.75) is 19.3 Å². The molecule has 0 fully saturated rings. The Bertz CT molecular complexity index is 703. The maximum atomic E-state index is 12.2. The zero-order chi connectivity index (χ0) is 18.8. The van der Waals surface area contributed by atoms with Gasteiger partial charge in [-0.3, -0.25) is 4.79 Å². The smallest absolute Gasteiger partial charge is 0.224 e. The lowest BCUT2D eigenvalue weighted by Crippen LogP contribution is -2.12. The fourth-order valence-corrected chi connectivity index (χ4v) is 2.56. The number of amides is 1. The largest absolute Gasteiger partial charge is 0.493 e. The first-order valence-corrected chi connectivity index (χ1v) is 8.84. The molecule has 0 bridgehead atoms. The molecular formula is C20H24ClNO4. The first-order valence-electron chi connectivity index (χ1n) is 8.46. The predicted octanol–water partition coefficient (Wildman–Crippen LogP) is 4.34. The summed E-state index contributed by atoms with van der Waals surface area (Å²) in [5.74, 6) is 1.15. The van der Waals surface area contributed by atoms with E-state index in [-0.39, 0.29) is 5.91 Å². The van der Waals surface area contributed by atoms with Gasteiger partial charge in [0.1, 0.15) is 6.61 Å². The van der Waals surface area contributed by atoms with Crippen molar-refractivity contribution in [2.24, 2.45) is 0 Å². The highest BCUT2D eigenvalue weighted by Gasteiger charge is 2.08. The minimum absolute atomic E-state index is 0.0352. The number of anilines is 1. The summed E-state index contributed by atoms with van der Waals surface area (Å²) >= 11 is 5.87. The van der Waals surface area contributed by atoms with Crippen molar-refractivity contribution in [3.8, 4) is 11.5 Å². The third-order valence-corrected chi connectivity index (χ3v) is 4.03. The molecule has 2 aromatic carbocycles. The normalized spacial score (nSPS) is 10.4. The van der Waals surface area contributed by atoms with Gasteiger partial charge in [-0.2, -0.15) is 0 Å². The number of carbonyl (C=O) groups is 1. The second kappa shape index (κ2) is 10.7. The number of nitrogens with one attached hydrogen (secondary N) is 1. The summed E-state index contributed by atoms with van der Waals surface area (Å²) in [7, 11) is 3.19. The zero-order valence-corrected chi connectivity index (χ0v) is 15.8. The summed E-state index contributed by atoms with van der Waals surface area (Å²) < 4.78 is 15.9. The van der Waals surface area contributed by atoms with E-state index in [1.54, 1.807) is 32.4 Å². The molecular weight excluding hydrogens is 354 g/mol. The average Bonchev–Trinajstić information content (AvgIpc) is 2.64. The van der Waals surface area contributed by atoms with Crippen LogP contribution >= 0.6 is 11.6 Å². The van der Waals surface area contributed by atoms with Crippen molar-refractivity contribution in [2.75, 3.05) is 32.8 Å². The Morgan fingerprint density at radius 2 is 1.81 bits per heavy atom. The van der Waals surface area contributed by atoms with E-state index in [2.05, 4.69) is 5.32 Å². The van der Waals surface area contributed by atoms with Crippen LogP contribution in [0, 0.1) is 0 Å². The molecule has 0 atom stereocenters. The third-order valence-electron chi connectivity index (χ3n) is 3.77. The summed E-state index contributed by atoms with van der Waals surface area (Å²) in [5, 5.41) is 3.61. The second-order valence-corrected chi connectivity index (χ2v) is 6.17. The minimum atomic E-state index is -0.0352. The number of halogens is 1. The van der Waals surface area contributed by atoms with Crippen LogP contribution < -0.4 is 14.8 Å². The molecule has 0 radical (unpaired) electrons. The molecule has 1 N–H and O–H groups in total. The van der Waals surface area contributed by atoms with E-state index in [4.69, 9.17) is 25.8 Å². The van der Waals surface area contributed by atoms with E-state index < -0.39 is 0 Å². The molecule has 5 nitrogen and oxygen atoms in total. The van der Waals surface area contributed by atoms with Gasteiger partial charge < -0.3 is 19.5 Å². The Labute approximate surface area is 159 Å². The topological polar surface area (TPSA) is 56.8 Å². The van der Waals surface area contributed by atoms with Crippen LogP contribution in [0.15, 0.2) is 42.5 Å². The summed E-state index contributed by atoms with van der Waals surface area (Å²) in [6, 6.07) is 13.0. The van der Waals surface area contributed by atoms with Crippen LogP contribution in [0.4, 0.5) is 5.69 Å². The van der Waals surface area contributed by atoms with Gasteiger partial charge >= 0.3 is 0 Å². The maximum absolute atomic E-state index is 12.2. The number of methoxy groups -OCH3 is 2. The molecule has 0 aliphatic rings. The molecule has 0 unspecified atom stereocenters. The van der Waals surface area contributed by atoms with Crippen LogP contribution in [0.25, 0.3) is 0 Å². The maximum Gasteiger partial charge on any atom is 0.224 e. The summed E-state index contributed by atoms with van der Waals surface area (Å²) in [4.78, 5) is 12.2. The van der Waals surface area contributed by atoms with Crippen LogP contribution in [-0.2, 0) is 16.0 Å². The molecule has 6 heteroatoms. The summed E-state index contributed by atoms with van der Waals surface area (Å²) in [5.41, 5.74) is 1.84. The van der Waals surface area contributed by atoms with Gasteiger partial charge in [-0.05, 0) is 42.7 Å². The Kier molecular flexibility index (Phi) is 8.25. The molecule has 26 heavy (non-hydrogen) atoms. The van der Waals surface area contributed by atoms with E-state index in [9.17, 15) is 4.79 Å². The van der Waals surface area contributed by atoms with Gasteiger partial charge in [0.2, 0.25) is 5.91 Å². The fraction of sp³-hybridized carbons (Fsp3) is 0.350. The standard InChI is InChI=1S/C20H24ClNO4/c1-24-12-13-26-19-14-17(10-11-18(19)25-2)22-20(23)5-3-4-15-6-8-16(21)9-7-15/h6-11,14H,3-5,12-13H2,1-2H3,(H,22,23). The van der Waals surface area contributed by atoms with Crippen molar-refractivity contribution in [3.63, 3.8) is 0 Å². The van der Waals surface area contributed by atoms with E-state index in [0.717, 1.165) is 17.9 Å². The fourth-order valence-electron chi connectivity index (χ4n) is 2.43. The molecule has 2 aromatic rings. The van der Waals surface area contributed by atoms with Gasteiger partial charge in [-0.25, -0.2) is 0 Å². The number of rotatable bonds is 10. The number of hydrogen-bond acceptors (Lipinski definition) is 4. The molecule has 0 aliphatic carbocycles. The highest BCUT2D eigenvalue weighted by atomic mass is 35.5. The van der Waals surface area contributed by atoms with Gasteiger partial charge in [-0.1, -0.05) is 23.7 Å². The Morgan fingerprint density at radius 1 is 1.04 bits per heavy atom. The molecule has 140 valence electrons. The van der Waals surface area contributed by atoms with E-state index in [1.807, 2.05) is 24.3 Å². The highest BCUT2D eigenvalue weighted by Crippen LogP contribution is 2.30. The van der Waals surface area contributed by atoms with Crippen molar-refractivity contribution in [3.05, 3.63) is 53.1 Å². The van der Waals surface area contributed by atoms with Gasteiger partial charge in [0.25, 0.3) is 0 Å². The Hall–Kier alpha value is -2.24. The third kappa shape index (κ3) is 6.58. The first-order chi connectivity index (χ1) is 12.6. The number of aryl methyl sites for hydroxylation is 1. The monoisotopic (exact) mass is 377 g/mol. The minimum Gasteiger partial charge on any atom is -0.493 e. The molecule has 0 spiro atoms. The Balaban J connectivity index is 1.85.